The van der Waals surface area contributed by atoms with Crippen molar-refractivity contribution >= 4 is 0 Å². The number of nitrogens with one attached hydrogen (secondary N) is 1. The highest BCUT2D eigenvalue weighted by Crippen LogP contribution is 2.24. The van der Waals surface area contributed by atoms with Crippen LogP contribution in [0.3, 0.4) is 0 Å². The fourth-order valence-electron chi connectivity index (χ4n) is 2.62. The molecule has 1 rings (SSSR count). The second-order valence-electron chi connectivity index (χ2n) is 6.27. The van der Waals surface area contributed by atoms with Crippen LogP contribution in [-0.4, -0.2) is 36.1 Å². The fraction of sp³-hybridized carbons (Fsp3) is 1.00. The Morgan fingerprint density at radius 3 is 2.33 bits per heavy atom. The molecule has 1 saturated heterocycles. The van der Waals surface area contributed by atoms with Gasteiger partial charge in [-0.05, 0) is 46.6 Å². The van der Waals surface area contributed by atoms with E-state index in [0.717, 1.165) is 12.5 Å². The maximum absolute atomic E-state index is 3.59. The molecule has 90 valence electrons. The summed E-state index contributed by atoms with van der Waals surface area (Å²) in [4.78, 5) is 2.56. The average Bonchev–Trinajstić information content (AvgIpc) is 2.43. The van der Waals surface area contributed by atoms with E-state index in [9.17, 15) is 0 Å². The lowest BCUT2D eigenvalue weighted by Crippen LogP contribution is -2.40. The maximum atomic E-state index is 3.59. The van der Waals surface area contributed by atoms with Gasteiger partial charge in [-0.3, -0.25) is 4.90 Å². The standard InChI is InChI=1S/C13H28N2/c1-10(2)7-11(3)15(6)12-8-13(4,5)14-9-12/h10-12,14H,7-9H2,1-6H3. The van der Waals surface area contributed by atoms with Crippen molar-refractivity contribution in [3.8, 4) is 0 Å². The van der Waals surface area contributed by atoms with Crippen LogP contribution < -0.4 is 5.32 Å². The largest absolute Gasteiger partial charge is 0.310 e. The molecule has 0 amide bonds. The first-order valence-corrected chi connectivity index (χ1v) is 6.29. The molecule has 0 saturated carbocycles. The summed E-state index contributed by atoms with van der Waals surface area (Å²) in [5.74, 6) is 0.796. The SMILES string of the molecule is CC(C)CC(C)N(C)C1CNC(C)(C)C1. The van der Waals surface area contributed by atoms with Gasteiger partial charge in [0.1, 0.15) is 0 Å². The van der Waals surface area contributed by atoms with Gasteiger partial charge in [0, 0.05) is 24.2 Å². The predicted molar refractivity (Wildman–Crippen MR) is 67.2 cm³/mol. The molecular formula is C13H28N2. The molecule has 1 fully saturated rings. The molecule has 0 radical (unpaired) electrons. The zero-order valence-electron chi connectivity index (χ0n) is 11.3. The van der Waals surface area contributed by atoms with Gasteiger partial charge < -0.3 is 5.32 Å². The number of rotatable bonds is 4. The lowest BCUT2D eigenvalue weighted by Gasteiger charge is -2.31. The molecular weight excluding hydrogens is 184 g/mol. The molecule has 2 heteroatoms. The molecule has 15 heavy (non-hydrogen) atoms. The van der Waals surface area contributed by atoms with Crippen molar-refractivity contribution in [3.05, 3.63) is 0 Å². The van der Waals surface area contributed by atoms with Crippen LogP contribution in [0.5, 0.6) is 0 Å². The van der Waals surface area contributed by atoms with E-state index in [1.54, 1.807) is 0 Å². The number of likely N-dealkylation sites (N-methyl/N-ethyl adjacent to an activating group) is 1. The van der Waals surface area contributed by atoms with Crippen molar-refractivity contribution in [2.24, 2.45) is 5.92 Å². The third-order valence-electron chi connectivity index (χ3n) is 3.65. The van der Waals surface area contributed by atoms with Gasteiger partial charge in [0.15, 0.2) is 0 Å². The summed E-state index contributed by atoms with van der Waals surface area (Å²) in [6, 6.07) is 1.42. The Morgan fingerprint density at radius 2 is 1.93 bits per heavy atom. The van der Waals surface area contributed by atoms with Gasteiger partial charge in [-0.1, -0.05) is 13.8 Å². The van der Waals surface area contributed by atoms with Crippen LogP contribution in [0.25, 0.3) is 0 Å². The molecule has 1 aliphatic rings. The van der Waals surface area contributed by atoms with Crippen LogP contribution in [0.1, 0.15) is 47.5 Å². The van der Waals surface area contributed by atoms with Gasteiger partial charge >= 0.3 is 0 Å². The minimum absolute atomic E-state index is 0.330. The Bertz CT molecular complexity index is 199. The van der Waals surface area contributed by atoms with Crippen molar-refractivity contribution in [3.63, 3.8) is 0 Å². The Hall–Kier alpha value is -0.0800. The molecule has 1 aliphatic heterocycles. The maximum Gasteiger partial charge on any atom is 0.0237 e. The smallest absolute Gasteiger partial charge is 0.0237 e. The van der Waals surface area contributed by atoms with Gasteiger partial charge in [0.2, 0.25) is 0 Å². The van der Waals surface area contributed by atoms with E-state index in [2.05, 4.69) is 51.9 Å². The third-order valence-corrected chi connectivity index (χ3v) is 3.65. The summed E-state index contributed by atoms with van der Waals surface area (Å²) in [7, 11) is 2.28. The van der Waals surface area contributed by atoms with Gasteiger partial charge in [-0.25, -0.2) is 0 Å². The first-order valence-electron chi connectivity index (χ1n) is 6.29. The van der Waals surface area contributed by atoms with Gasteiger partial charge in [-0.2, -0.15) is 0 Å². The van der Waals surface area contributed by atoms with Crippen LogP contribution in [-0.2, 0) is 0 Å². The highest BCUT2D eigenvalue weighted by molar-refractivity contribution is 4.94. The summed E-state index contributed by atoms with van der Waals surface area (Å²) in [5.41, 5.74) is 0.330. The molecule has 1 N–H and O–H groups in total. The predicted octanol–water partition coefficient (Wildman–Crippen LogP) is 2.49. The lowest BCUT2D eigenvalue weighted by molar-refractivity contribution is 0.170. The second-order valence-corrected chi connectivity index (χ2v) is 6.27. The first-order chi connectivity index (χ1) is 6.82. The number of nitrogens with zero attached hydrogens (tertiary/aromatic N) is 1. The highest BCUT2D eigenvalue weighted by atomic mass is 15.2. The Labute approximate surface area is 95.4 Å². The quantitative estimate of drug-likeness (QED) is 0.770. The molecule has 0 aromatic rings. The highest BCUT2D eigenvalue weighted by Gasteiger charge is 2.33. The minimum atomic E-state index is 0.330. The molecule has 1 heterocycles. The monoisotopic (exact) mass is 212 g/mol. The normalized spacial score (nSPS) is 27.6. The van der Waals surface area contributed by atoms with E-state index in [1.165, 1.54) is 12.8 Å². The molecule has 2 atom stereocenters. The molecule has 2 unspecified atom stereocenters. The van der Waals surface area contributed by atoms with Crippen molar-refractivity contribution in [2.45, 2.75) is 65.1 Å². The van der Waals surface area contributed by atoms with Crippen LogP contribution in [0, 0.1) is 5.92 Å². The molecule has 0 bridgehead atoms. The third kappa shape index (κ3) is 3.76. The number of hydrogen-bond donors (Lipinski definition) is 1. The van der Waals surface area contributed by atoms with Crippen LogP contribution in [0.4, 0.5) is 0 Å². The average molecular weight is 212 g/mol. The van der Waals surface area contributed by atoms with Gasteiger partial charge in [-0.15, -0.1) is 0 Å². The topological polar surface area (TPSA) is 15.3 Å². The fourth-order valence-corrected chi connectivity index (χ4v) is 2.62. The minimum Gasteiger partial charge on any atom is -0.310 e. The molecule has 2 nitrogen and oxygen atoms in total. The van der Waals surface area contributed by atoms with Crippen LogP contribution in [0.15, 0.2) is 0 Å². The van der Waals surface area contributed by atoms with Gasteiger partial charge in [0.05, 0.1) is 0 Å². The lowest BCUT2D eigenvalue weighted by atomic mass is 9.98. The van der Waals surface area contributed by atoms with Crippen LogP contribution >= 0.6 is 0 Å². The Kier molecular flexibility index (Phi) is 4.19. The van der Waals surface area contributed by atoms with E-state index >= 15 is 0 Å². The Balaban J connectivity index is 2.44. The summed E-state index contributed by atoms with van der Waals surface area (Å²) in [5, 5.41) is 3.59. The Morgan fingerprint density at radius 1 is 1.33 bits per heavy atom. The van der Waals surface area contributed by atoms with Crippen molar-refractivity contribution in [1.82, 2.24) is 10.2 Å². The summed E-state index contributed by atoms with van der Waals surface area (Å²) in [6.07, 6.45) is 2.57. The second kappa shape index (κ2) is 4.84. The van der Waals surface area contributed by atoms with E-state index in [0.29, 0.717) is 17.6 Å². The zero-order valence-corrected chi connectivity index (χ0v) is 11.3. The zero-order chi connectivity index (χ0) is 11.6. The van der Waals surface area contributed by atoms with E-state index in [-0.39, 0.29) is 0 Å². The van der Waals surface area contributed by atoms with E-state index < -0.39 is 0 Å². The molecule has 0 aromatic heterocycles. The number of hydrogen-bond acceptors (Lipinski definition) is 2. The first kappa shape index (κ1) is 13.0. The van der Waals surface area contributed by atoms with Gasteiger partial charge in [0.25, 0.3) is 0 Å². The molecule has 0 aromatic carbocycles. The van der Waals surface area contributed by atoms with E-state index in [1.807, 2.05) is 0 Å². The van der Waals surface area contributed by atoms with Crippen molar-refractivity contribution < 1.29 is 0 Å². The summed E-state index contributed by atoms with van der Waals surface area (Å²) in [6.45, 7) is 12.7. The molecule has 0 spiro atoms. The molecule has 0 aliphatic carbocycles. The van der Waals surface area contributed by atoms with Crippen molar-refractivity contribution in [1.29, 1.82) is 0 Å². The van der Waals surface area contributed by atoms with E-state index in [4.69, 9.17) is 0 Å². The van der Waals surface area contributed by atoms with Crippen molar-refractivity contribution in [2.75, 3.05) is 13.6 Å². The summed E-state index contributed by atoms with van der Waals surface area (Å²) >= 11 is 0. The van der Waals surface area contributed by atoms with Crippen LogP contribution in [0.2, 0.25) is 0 Å². The summed E-state index contributed by atoms with van der Waals surface area (Å²) < 4.78 is 0.